The molecule has 0 aliphatic carbocycles. The maximum Gasteiger partial charge on any atom is 0.335 e. The van der Waals surface area contributed by atoms with Crippen molar-refractivity contribution in [1.29, 1.82) is 0 Å². The maximum atomic E-state index is 6.50. The molecule has 2 aliphatic rings. The highest BCUT2D eigenvalue weighted by atomic mass is 28.4. The molecule has 3 unspecified atom stereocenters. The number of rotatable bonds is 5. The zero-order valence-corrected chi connectivity index (χ0v) is 16.6. The molecule has 0 amide bonds. The lowest BCUT2D eigenvalue weighted by Crippen LogP contribution is -2.49. The number of hydrogen-bond acceptors (Lipinski definition) is 5. The van der Waals surface area contributed by atoms with Crippen LogP contribution in [-0.4, -0.2) is 83.1 Å². The monoisotopic (exact) mass is 344 g/mol. The van der Waals surface area contributed by atoms with Crippen LogP contribution in [0.4, 0.5) is 0 Å². The van der Waals surface area contributed by atoms with E-state index in [1.54, 1.807) is 0 Å². The molecule has 0 radical (unpaired) electrons. The van der Waals surface area contributed by atoms with E-state index >= 15 is 0 Å². The van der Waals surface area contributed by atoms with Gasteiger partial charge >= 0.3 is 8.56 Å². The van der Waals surface area contributed by atoms with Gasteiger partial charge in [-0.25, -0.2) is 0 Å². The Kier molecular flexibility index (Phi) is 7.98. The van der Waals surface area contributed by atoms with Crippen LogP contribution in [0.3, 0.4) is 0 Å². The summed E-state index contributed by atoms with van der Waals surface area (Å²) >= 11 is 0. The van der Waals surface area contributed by atoms with Crippen molar-refractivity contribution in [3.8, 4) is 0 Å². The highest BCUT2D eigenvalue weighted by Crippen LogP contribution is 2.25. The second-order valence-electron chi connectivity index (χ2n) is 7.10. The number of nitrogens with zero attached hydrogens (tertiary/aromatic N) is 2. The molecular formula is C17H36N2O3Si. The number of likely N-dealkylation sites (N-methyl/N-ethyl adjacent to an activating group) is 1. The fourth-order valence-electron chi connectivity index (χ4n) is 3.59. The molecule has 2 fully saturated rings. The molecule has 0 aromatic heterocycles. The van der Waals surface area contributed by atoms with Crippen molar-refractivity contribution < 1.29 is 13.6 Å². The molecule has 5 nitrogen and oxygen atoms in total. The summed E-state index contributed by atoms with van der Waals surface area (Å²) < 4.78 is 18.7. The first-order valence-corrected chi connectivity index (χ1v) is 11.9. The molecule has 6 heteroatoms. The van der Waals surface area contributed by atoms with Crippen LogP contribution < -0.4 is 0 Å². The average molecular weight is 345 g/mol. The van der Waals surface area contributed by atoms with Crippen LogP contribution in [0.15, 0.2) is 0 Å². The van der Waals surface area contributed by atoms with Crippen molar-refractivity contribution >= 4 is 8.56 Å². The van der Waals surface area contributed by atoms with E-state index < -0.39 is 8.56 Å². The molecule has 2 aliphatic heterocycles. The Morgan fingerprint density at radius 1 is 1.22 bits per heavy atom. The molecule has 0 saturated carbocycles. The van der Waals surface area contributed by atoms with E-state index in [0.29, 0.717) is 12.7 Å². The fraction of sp³-hybridized carbons (Fsp3) is 1.00. The van der Waals surface area contributed by atoms with Gasteiger partial charge in [-0.2, -0.15) is 0 Å². The number of hydrogen-bond donors (Lipinski definition) is 0. The van der Waals surface area contributed by atoms with Gasteiger partial charge in [0.15, 0.2) is 0 Å². The van der Waals surface area contributed by atoms with Crippen molar-refractivity contribution in [2.24, 2.45) is 0 Å². The molecule has 2 heterocycles. The van der Waals surface area contributed by atoms with Gasteiger partial charge in [-0.05, 0) is 45.4 Å². The van der Waals surface area contributed by atoms with E-state index in [0.717, 1.165) is 64.8 Å². The number of fused-ring (bicyclic) bond motifs is 2. The predicted octanol–water partition coefficient (Wildman–Crippen LogP) is 2.32. The maximum absolute atomic E-state index is 6.50. The third kappa shape index (κ3) is 6.44. The number of ether oxygens (including phenoxy) is 1. The van der Waals surface area contributed by atoms with E-state index in [4.69, 9.17) is 13.6 Å². The standard InChI is InChI=1S/C17H36N2O3Si/c1-5-18(6-2)10-11-19-9-8-16(3)21-23(4)13-7-12-20-15-17(14-19)22-23/h16-17H,5-15H2,1-4H3. The van der Waals surface area contributed by atoms with Crippen LogP contribution >= 0.6 is 0 Å². The van der Waals surface area contributed by atoms with Crippen molar-refractivity contribution in [3.63, 3.8) is 0 Å². The van der Waals surface area contributed by atoms with Gasteiger partial charge in [0.25, 0.3) is 0 Å². The van der Waals surface area contributed by atoms with Gasteiger partial charge in [-0.3, -0.25) is 4.90 Å². The fourth-order valence-corrected chi connectivity index (χ4v) is 6.48. The normalized spacial score (nSPS) is 34.3. The second kappa shape index (κ2) is 9.49. The summed E-state index contributed by atoms with van der Waals surface area (Å²) in [6.45, 7) is 17.0. The quantitative estimate of drug-likeness (QED) is 0.715. The molecule has 0 aromatic rings. The summed E-state index contributed by atoms with van der Waals surface area (Å²) in [6.07, 6.45) is 2.61. The molecule has 0 N–H and O–H groups in total. The van der Waals surface area contributed by atoms with Gasteiger partial charge in [0.1, 0.15) is 0 Å². The first kappa shape index (κ1) is 19.3. The zero-order chi connectivity index (χ0) is 16.7. The first-order chi connectivity index (χ1) is 11.0. The zero-order valence-electron chi connectivity index (χ0n) is 15.6. The van der Waals surface area contributed by atoms with Gasteiger partial charge in [-0.1, -0.05) is 13.8 Å². The smallest absolute Gasteiger partial charge is 0.335 e. The van der Waals surface area contributed by atoms with E-state index in [1.807, 2.05) is 0 Å². The highest BCUT2D eigenvalue weighted by molar-refractivity contribution is 6.66. The first-order valence-electron chi connectivity index (χ1n) is 9.42. The summed E-state index contributed by atoms with van der Waals surface area (Å²) in [5, 5.41) is 0. The van der Waals surface area contributed by atoms with Crippen LogP contribution in [0.2, 0.25) is 12.6 Å². The van der Waals surface area contributed by atoms with Gasteiger partial charge in [0.2, 0.25) is 0 Å². The molecule has 0 spiro atoms. The van der Waals surface area contributed by atoms with Crippen LogP contribution in [0, 0.1) is 0 Å². The molecule has 3 atom stereocenters. The van der Waals surface area contributed by atoms with E-state index in [9.17, 15) is 0 Å². The molecule has 0 aromatic carbocycles. The third-order valence-corrected chi connectivity index (χ3v) is 8.03. The Balaban J connectivity index is 1.99. The molecule has 2 bridgehead atoms. The largest absolute Gasteiger partial charge is 0.391 e. The van der Waals surface area contributed by atoms with Crippen LogP contribution in [0.1, 0.15) is 33.6 Å². The minimum absolute atomic E-state index is 0.161. The Morgan fingerprint density at radius 3 is 2.74 bits per heavy atom. The molecule has 136 valence electrons. The van der Waals surface area contributed by atoms with Gasteiger partial charge < -0.3 is 18.5 Å². The Labute approximate surface area is 143 Å². The molecular weight excluding hydrogens is 308 g/mol. The van der Waals surface area contributed by atoms with E-state index in [1.165, 1.54) is 0 Å². The summed E-state index contributed by atoms with van der Waals surface area (Å²) in [5.41, 5.74) is 0. The third-order valence-electron chi connectivity index (χ3n) is 5.03. The lowest BCUT2D eigenvalue weighted by atomic mass is 10.2. The minimum Gasteiger partial charge on any atom is -0.391 e. The lowest BCUT2D eigenvalue weighted by molar-refractivity contribution is -0.000215. The lowest BCUT2D eigenvalue weighted by Gasteiger charge is -2.35. The topological polar surface area (TPSA) is 34.2 Å². The van der Waals surface area contributed by atoms with Crippen molar-refractivity contribution in [3.05, 3.63) is 0 Å². The second-order valence-corrected chi connectivity index (χ2v) is 10.3. The summed E-state index contributed by atoms with van der Waals surface area (Å²) in [6, 6.07) is 1.05. The Hall–Kier alpha value is 0.0169. The van der Waals surface area contributed by atoms with Crippen LogP contribution in [0.25, 0.3) is 0 Å². The predicted molar refractivity (Wildman–Crippen MR) is 96.1 cm³/mol. The summed E-state index contributed by atoms with van der Waals surface area (Å²) in [4.78, 5) is 5.04. The van der Waals surface area contributed by atoms with Crippen molar-refractivity contribution in [2.45, 2.75) is 58.4 Å². The molecule has 2 saturated heterocycles. The molecule has 2 rings (SSSR count). The summed E-state index contributed by atoms with van der Waals surface area (Å²) in [7, 11) is -2.05. The van der Waals surface area contributed by atoms with Crippen LogP contribution in [-0.2, 0) is 13.6 Å². The summed E-state index contributed by atoms with van der Waals surface area (Å²) in [5.74, 6) is 0. The Morgan fingerprint density at radius 2 is 2.00 bits per heavy atom. The minimum atomic E-state index is -2.05. The van der Waals surface area contributed by atoms with Crippen molar-refractivity contribution in [1.82, 2.24) is 9.80 Å². The van der Waals surface area contributed by atoms with E-state index in [-0.39, 0.29) is 6.10 Å². The van der Waals surface area contributed by atoms with E-state index in [2.05, 4.69) is 37.1 Å². The van der Waals surface area contributed by atoms with Crippen LogP contribution in [0.5, 0.6) is 0 Å². The highest BCUT2D eigenvalue weighted by Gasteiger charge is 2.38. The van der Waals surface area contributed by atoms with Gasteiger partial charge in [-0.15, -0.1) is 0 Å². The van der Waals surface area contributed by atoms with Gasteiger partial charge in [0.05, 0.1) is 12.7 Å². The Bertz CT molecular complexity index is 344. The SMILES string of the molecule is CCN(CC)CCN1CCC(C)O[Si]2(C)CCCOCC(C1)O2. The van der Waals surface area contributed by atoms with Gasteiger partial charge in [0, 0.05) is 38.9 Å². The van der Waals surface area contributed by atoms with Crippen molar-refractivity contribution in [2.75, 3.05) is 52.5 Å². The average Bonchev–Trinajstić information content (AvgIpc) is 2.56. The molecule has 23 heavy (non-hydrogen) atoms.